The van der Waals surface area contributed by atoms with Crippen LogP contribution in [0.5, 0.6) is 0 Å². The summed E-state index contributed by atoms with van der Waals surface area (Å²) in [7, 11) is 0. The Morgan fingerprint density at radius 3 is 2.43 bits per heavy atom. The standard InChI is InChI=1S/C12H17BrO/c1-2-3-11(9-14)8-10-4-6-12(13)7-5-10/h4-7,11,14H,2-3,8-9H2,1H3. The molecule has 14 heavy (non-hydrogen) atoms. The van der Waals surface area contributed by atoms with Gasteiger partial charge in [-0.1, -0.05) is 41.4 Å². The van der Waals surface area contributed by atoms with Crippen molar-refractivity contribution in [2.45, 2.75) is 26.2 Å². The molecule has 0 aliphatic rings. The lowest BCUT2D eigenvalue weighted by Crippen LogP contribution is -2.09. The first-order valence-electron chi connectivity index (χ1n) is 5.11. The summed E-state index contributed by atoms with van der Waals surface area (Å²) in [6.45, 7) is 2.45. The second kappa shape index (κ2) is 6.20. The van der Waals surface area contributed by atoms with Gasteiger partial charge < -0.3 is 5.11 Å². The van der Waals surface area contributed by atoms with Crippen molar-refractivity contribution in [1.29, 1.82) is 0 Å². The Morgan fingerprint density at radius 2 is 1.93 bits per heavy atom. The van der Waals surface area contributed by atoms with Crippen LogP contribution in [0.2, 0.25) is 0 Å². The van der Waals surface area contributed by atoms with Crippen molar-refractivity contribution in [3.05, 3.63) is 34.3 Å². The third-order valence-corrected chi connectivity index (χ3v) is 2.92. The molecular formula is C12H17BrO. The van der Waals surface area contributed by atoms with Gasteiger partial charge in [-0.25, -0.2) is 0 Å². The minimum Gasteiger partial charge on any atom is -0.396 e. The molecule has 1 N–H and O–H groups in total. The highest BCUT2D eigenvalue weighted by Crippen LogP contribution is 2.16. The van der Waals surface area contributed by atoms with Gasteiger partial charge in [-0.15, -0.1) is 0 Å². The highest BCUT2D eigenvalue weighted by molar-refractivity contribution is 9.10. The molecule has 1 rings (SSSR count). The van der Waals surface area contributed by atoms with E-state index in [9.17, 15) is 0 Å². The van der Waals surface area contributed by atoms with Crippen molar-refractivity contribution in [2.24, 2.45) is 5.92 Å². The number of aliphatic hydroxyl groups is 1. The minimum absolute atomic E-state index is 0.296. The van der Waals surface area contributed by atoms with Crippen molar-refractivity contribution < 1.29 is 5.11 Å². The fourth-order valence-electron chi connectivity index (χ4n) is 1.62. The van der Waals surface area contributed by atoms with Gasteiger partial charge in [-0.3, -0.25) is 0 Å². The molecule has 0 radical (unpaired) electrons. The molecule has 2 heteroatoms. The largest absolute Gasteiger partial charge is 0.396 e. The van der Waals surface area contributed by atoms with Crippen molar-refractivity contribution >= 4 is 15.9 Å². The van der Waals surface area contributed by atoms with Crippen molar-refractivity contribution in [3.63, 3.8) is 0 Å². The van der Waals surface area contributed by atoms with E-state index in [0.717, 1.165) is 23.7 Å². The molecule has 0 saturated heterocycles. The molecule has 1 aromatic rings. The normalized spacial score (nSPS) is 12.8. The van der Waals surface area contributed by atoms with Crippen LogP contribution in [0.3, 0.4) is 0 Å². The third-order valence-electron chi connectivity index (χ3n) is 2.39. The summed E-state index contributed by atoms with van der Waals surface area (Å²) in [5.41, 5.74) is 1.31. The molecule has 0 heterocycles. The summed E-state index contributed by atoms with van der Waals surface area (Å²) in [4.78, 5) is 0. The van der Waals surface area contributed by atoms with Crippen molar-refractivity contribution in [1.82, 2.24) is 0 Å². The van der Waals surface area contributed by atoms with Crippen LogP contribution < -0.4 is 0 Å². The Hall–Kier alpha value is -0.340. The molecule has 0 amide bonds. The maximum atomic E-state index is 9.16. The lowest BCUT2D eigenvalue weighted by molar-refractivity contribution is 0.217. The van der Waals surface area contributed by atoms with Crippen LogP contribution in [0.1, 0.15) is 25.3 Å². The Labute approximate surface area is 94.3 Å². The molecule has 0 bridgehead atoms. The number of benzene rings is 1. The maximum Gasteiger partial charge on any atom is 0.0462 e. The first-order chi connectivity index (χ1) is 6.76. The minimum atomic E-state index is 0.296. The Balaban J connectivity index is 2.53. The van der Waals surface area contributed by atoms with Gasteiger partial charge in [0.05, 0.1) is 0 Å². The number of hydrogen-bond donors (Lipinski definition) is 1. The molecule has 0 fully saturated rings. The van der Waals surface area contributed by atoms with Gasteiger partial charge in [-0.2, -0.15) is 0 Å². The van der Waals surface area contributed by atoms with E-state index in [0.29, 0.717) is 12.5 Å². The van der Waals surface area contributed by atoms with Gasteiger partial charge in [0, 0.05) is 11.1 Å². The van der Waals surface area contributed by atoms with Gasteiger partial charge in [0.2, 0.25) is 0 Å². The van der Waals surface area contributed by atoms with Crippen LogP contribution in [0.25, 0.3) is 0 Å². The summed E-state index contributed by atoms with van der Waals surface area (Å²) < 4.78 is 1.11. The second-order valence-corrected chi connectivity index (χ2v) is 4.58. The number of halogens is 1. The summed E-state index contributed by atoms with van der Waals surface area (Å²) in [5, 5.41) is 9.16. The predicted molar refractivity (Wildman–Crippen MR) is 63.3 cm³/mol. The highest BCUT2D eigenvalue weighted by Gasteiger charge is 2.06. The molecule has 0 spiro atoms. The van der Waals surface area contributed by atoms with Gasteiger partial charge >= 0.3 is 0 Å². The van der Waals surface area contributed by atoms with E-state index in [1.165, 1.54) is 5.56 Å². The molecule has 0 aromatic heterocycles. The van der Waals surface area contributed by atoms with Gasteiger partial charge in [0.25, 0.3) is 0 Å². The highest BCUT2D eigenvalue weighted by atomic mass is 79.9. The number of aliphatic hydroxyl groups excluding tert-OH is 1. The molecule has 78 valence electrons. The Bertz CT molecular complexity index is 256. The van der Waals surface area contributed by atoms with Crippen LogP contribution in [-0.4, -0.2) is 11.7 Å². The molecule has 1 unspecified atom stereocenters. The third kappa shape index (κ3) is 3.81. The molecular weight excluding hydrogens is 240 g/mol. The van der Waals surface area contributed by atoms with Gasteiger partial charge in [-0.05, 0) is 36.5 Å². The first-order valence-corrected chi connectivity index (χ1v) is 5.90. The molecule has 0 aliphatic heterocycles. The van der Waals surface area contributed by atoms with Crippen LogP contribution in [-0.2, 0) is 6.42 Å². The zero-order valence-electron chi connectivity index (χ0n) is 8.54. The summed E-state index contributed by atoms with van der Waals surface area (Å²) in [5.74, 6) is 0.418. The van der Waals surface area contributed by atoms with Crippen molar-refractivity contribution in [3.8, 4) is 0 Å². The molecule has 1 atom stereocenters. The quantitative estimate of drug-likeness (QED) is 0.857. The van der Waals surface area contributed by atoms with Gasteiger partial charge in [0.15, 0.2) is 0 Å². The van der Waals surface area contributed by atoms with Crippen molar-refractivity contribution in [2.75, 3.05) is 6.61 Å². The monoisotopic (exact) mass is 256 g/mol. The van der Waals surface area contributed by atoms with Crippen LogP contribution in [0.15, 0.2) is 28.7 Å². The van der Waals surface area contributed by atoms with E-state index >= 15 is 0 Å². The fraction of sp³-hybridized carbons (Fsp3) is 0.500. The molecule has 1 aromatic carbocycles. The SMILES string of the molecule is CCCC(CO)Cc1ccc(Br)cc1. The average molecular weight is 257 g/mol. The second-order valence-electron chi connectivity index (χ2n) is 3.67. The summed E-state index contributed by atoms with van der Waals surface area (Å²) in [6.07, 6.45) is 3.23. The van der Waals surface area contributed by atoms with E-state index in [1.54, 1.807) is 0 Å². The zero-order chi connectivity index (χ0) is 10.4. The van der Waals surface area contributed by atoms with E-state index < -0.39 is 0 Å². The van der Waals surface area contributed by atoms with Crippen LogP contribution in [0, 0.1) is 5.92 Å². The molecule has 0 aliphatic carbocycles. The topological polar surface area (TPSA) is 20.2 Å². The average Bonchev–Trinajstić information content (AvgIpc) is 2.20. The lowest BCUT2D eigenvalue weighted by atomic mass is 9.96. The predicted octanol–water partition coefficient (Wildman–Crippen LogP) is 3.40. The lowest BCUT2D eigenvalue weighted by Gasteiger charge is -2.12. The first kappa shape index (κ1) is 11.7. The molecule has 0 saturated carbocycles. The summed E-state index contributed by atoms with van der Waals surface area (Å²) >= 11 is 3.41. The van der Waals surface area contributed by atoms with Crippen LogP contribution >= 0.6 is 15.9 Å². The van der Waals surface area contributed by atoms with Crippen LogP contribution in [0.4, 0.5) is 0 Å². The van der Waals surface area contributed by atoms with E-state index in [-0.39, 0.29) is 0 Å². The maximum absolute atomic E-state index is 9.16. The molecule has 1 nitrogen and oxygen atoms in total. The number of rotatable bonds is 5. The van der Waals surface area contributed by atoms with E-state index in [1.807, 2.05) is 0 Å². The Kier molecular flexibility index (Phi) is 5.20. The summed E-state index contributed by atoms with van der Waals surface area (Å²) in [6, 6.07) is 8.33. The smallest absolute Gasteiger partial charge is 0.0462 e. The van der Waals surface area contributed by atoms with E-state index in [2.05, 4.69) is 47.1 Å². The fourth-order valence-corrected chi connectivity index (χ4v) is 1.88. The Morgan fingerprint density at radius 1 is 1.29 bits per heavy atom. The van der Waals surface area contributed by atoms with Gasteiger partial charge in [0.1, 0.15) is 0 Å². The van der Waals surface area contributed by atoms with E-state index in [4.69, 9.17) is 5.11 Å². The number of hydrogen-bond acceptors (Lipinski definition) is 1. The zero-order valence-corrected chi connectivity index (χ0v) is 10.1.